The van der Waals surface area contributed by atoms with Crippen LogP contribution in [0.3, 0.4) is 0 Å². The van der Waals surface area contributed by atoms with E-state index >= 15 is 0 Å². The molecule has 0 fully saturated rings. The van der Waals surface area contributed by atoms with E-state index in [2.05, 4.69) is 29.6 Å². The first-order chi connectivity index (χ1) is 10.6. The number of ether oxygens (including phenoxy) is 1. The van der Waals surface area contributed by atoms with E-state index in [1.54, 1.807) is 26.1 Å². The lowest BCUT2D eigenvalue weighted by Crippen LogP contribution is -2.21. The molecular formula is C18H22N2O2. The molecule has 0 unspecified atom stereocenters. The summed E-state index contributed by atoms with van der Waals surface area (Å²) in [5.41, 5.74) is 4.06. The lowest BCUT2D eigenvalue weighted by Gasteiger charge is -2.11. The van der Waals surface area contributed by atoms with Gasteiger partial charge in [0.1, 0.15) is 0 Å². The fourth-order valence-corrected chi connectivity index (χ4v) is 2.11. The highest BCUT2D eigenvalue weighted by molar-refractivity contribution is 5.94. The Bertz CT molecular complexity index is 604. The van der Waals surface area contributed by atoms with Crippen molar-refractivity contribution in [1.82, 2.24) is 4.90 Å². The van der Waals surface area contributed by atoms with Crippen LogP contribution >= 0.6 is 0 Å². The highest BCUT2D eigenvalue weighted by atomic mass is 16.5. The molecule has 22 heavy (non-hydrogen) atoms. The highest BCUT2D eigenvalue weighted by Crippen LogP contribution is 2.13. The Balaban J connectivity index is 1.92. The number of anilines is 1. The molecule has 1 amide bonds. The zero-order chi connectivity index (χ0) is 15.9. The highest BCUT2D eigenvalue weighted by Gasteiger charge is 2.06. The molecule has 116 valence electrons. The molecule has 4 nitrogen and oxygen atoms in total. The van der Waals surface area contributed by atoms with Gasteiger partial charge in [-0.25, -0.2) is 0 Å². The molecule has 0 aliphatic rings. The van der Waals surface area contributed by atoms with E-state index in [9.17, 15) is 4.79 Å². The van der Waals surface area contributed by atoms with Crippen molar-refractivity contribution in [2.75, 3.05) is 26.5 Å². The molecule has 0 aromatic heterocycles. The van der Waals surface area contributed by atoms with Gasteiger partial charge in [0.2, 0.25) is 0 Å². The Kier molecular flexibility index (Phi) is 5.55. The largest absolute Gasteiger partial charge is 0.381 e. The third-order valence-corrected chi connectivity index (χ3v) is 3.37. The number of hydrogen-bond acceptors (Lipinski definition) is 3. The van der Waals surface area contributed by atoms with Crippen LogP contribution in [0.4, 0.5) is 5.69 Å². The number of nitrogens with zero attached hydrogens (tertiary/aromatic N) is 1. The summed E-state index contributed by atoms with van der Waals surface area (Å²) in [5, 5.41) is 3.35. The molecule has 0 atom stereocenters. The normalized spacial score (nSPS) is 10.3. The minimum atomic E-state index is 0.0141. The summed E-state index contributed by atoms with van der Waals surface area (Å²) in [5.74, 6) is 0.0141. The van der Waals surface area contributed by atoms with Crippen molar-refractivity contribution in [3.05, 3.63) is 65.2 Å². The summed E-state index contributed by atoms with van der Waals surface area (Å²) in [6, 6.07) is 15.8. The molecule has 0 aliphatic heterocycles. The van der Waals surface area contributed by atoms with Crippen molar-refractivity contribution in [1.29, 1.82) is 0 Å². The molecular weight excluding hydrogens is 276 g/mol. The van der Waals surface area contributed by atoms with Crippen LogP contribution in [-0.4, -0.2) is 32.0 Å². The SMILES string of the molecule is COCc1ccc(CNc2ccc(C(=O)N(C)C)cc2)cc1. The van der Waals surface area contributed by atoms with Crippen molar-refractivity contribution in [3.63, 3.8) is 0 Å². The Morgan fingerprint density at radius 2 is 1.59 bits per heavy atom. The van der Waals surface area contributed by atoms with Gasteiger partial charge in [-0.3, -0.25) is 4.79 Å². The van der Waals surface area contributed by atoms with Gasteiger partial charge >= 0.3 is 0 Å². The van der Waals surface area contributed by atoms with Gasteiger partial charge < -0.3 is 15.0 Å². The molecule has 0 saturated carbocycles. The number of carbonyl (C=O) groups is 1. The molecule has 2 rings (SSSR count). The van der Waals surface area contributed by atoms with E-state index < -0.39 is 0 Å². The van der Waals surface area contributed by atoms with Crippen LogP contribution in [0.25, 0.3) is 0 Å². The van der Waals surface area contributed by atoms with Gasteiger partial charge in [-0.15, -0.1) is 0 Å². The molecule has 0 saturated heterocycles. The number of carbonyl (C=O) groups excluding carboxylic acids is 1. The second kappa shape index (κ2) is 7.61. The van der Waals surface area contributed by atoms with Crippen LogP contribution in [0.5, 0.6) is 0 Å². The molecule has 0 radical (unpaired) electrons. The van der Waals surface area contributed by atoms with Gasteiger partial charge in [-0.05, 0) is 35.4 Å². The van der Waals surface area contributed by atoms with E-state index in [0.717, 1.165) is 17.8 Å². The van der Waals surface area contributed by atoms with Gasteiger partial charge in [0.25, 0.3) is 5.91 Å². The average Bonchev–Trinajstić information content (AvgIpc) is 2.54. The monoisotopic (exact) mass is 298 g/mol. The lowest BCUT2D eigenvalue weighted by molar-refractivity contribution is 0.0827. The van der Waals surface area contributed by atoms with Crippen LogP contribution in [0.2, 0.25) is 0 Å². The summed E-state index contributed by atoms with van der Waals surface area (Å²) in [6.45, 7) is 1.38. The Morgan fingerprint density at radius 1 is 1.00 bits per heavy atom. The van der Waals surface area contributed by atoms with Gasteiger partial charge in [0.15, 0.2) is 0 Å². The first-order valence-corrected chi connectivity index (χ1v) is 7.22. The van der Waals surface area contributed by atoms with Gasteiger partial charge in [0, 0.05) is 39.0 Å². The molecule has 2 aromatic rings. The molecule has 2 aromatic carbocycles. The summed E-state index contributed by atoms with van der Waals surface area (Å²) >= 11 is 0. The summed E-state index contributed by atoms with van der Waals surface area (Å²) in [4.78, 5) is 13.4. The fourth-order valence-electron chi connectivity index (χ4n) is 2.11. The van der Waals surface area contributed by atoms with Crippen molar-refractivity contribution in [2.45, 2.75) is 13.2 Å². The fraction of sp³-hybridized carbons (Fsp3) is 0.278. The number of benzene rings is 2. The quantitative estimate of drug-likeness (QED) is 0.890. The van der Waals surface area contributed by atoms with Crippen LogP contribution in [0, 0.1) is 0 Å². The molecule has 1 N–H and O–H groups in total. The van der Waals surface area contributed by atoms with Gasteiger partial charge in [0.05, 0.1) is 6.61 Å². The predicted octanol–water partition coefficient (Wildman–Crippen LogP) is 3.15. The smallest absolute Gasteiger partial charge is 0.253 e. The predicted molar refractivity (Wildman–Crippen MR) is 88.9 cm³/mol. The zero-order valence-corrected chi connectivity index (χ0v) is 13.3. The summed E-state index contributed by atoms with van der Waals surface area (Å²) < 4.78 is 5.10. The second-order valence-electron chi connectivity index (χ2n) is 5.38. The van der Waals surface area contributed by atoms with Crippen LogP contribution in [0.1, 0.15) is 21.5 Å². The third kappa shape index (κ3) is 4.33. The maximum absolute atomic E-state index is 11.8. The third-order valence-electron chi connectivity index (χ3n) is 3.37. The van der Waals surface area contributed by atoms with Crippen LogP contribution in [-0.2, 0) is 17.9 Å². The van der Waals surface area contributed by atoms with Crippen molar-refractivity contribution in [2.24, 2.45) is 0 Å². The molecule has 0 bridgehead atoms. The van der Waals surface area contributed by atoms with Crippen LogP contribution in [0.15, 0.2) is 48.5 Å². The molecule has 0 spiro atoms. The molecule has 0 heterocycles. The van der Waals surface area contributed by atoms with E-state index in [0.29, 0.717) is 12.2 Å². The molecule has 0 aliphatic carbocycles. The number of rotatable bonds is 6. The van der Waals surface area contributed by atoms with Crippen molar-refractivity contribution in [3.8, 4) is 0 Å². The number of methoxy groups -OCH3 is 1. The van der Waals surface area contributed by atoms with E-state index in [4.69, 9.17) is 4.74 Å². The standard InChI is InChI=1S/C18H22N2O2/c1-20(2)18(21)16-8-10-17(11-9-16)19-12-14-4-6-15(7-5-14)13-22-3/h4-11,19H,12-13H2,1-3H3. The van der Waals surface area contributed by atoms with E-state index in [1.807, 2.05) is 24.3 Å². The Labute approximate surface area is 131 Å². The minimum absolute atomic E-state index is 0.0141. The topological polar surface area (TPSA) is 41.6 Å². The minimum Gasteiger partial charge on any atom is -0.381 e. The first-order valence-electron chi connectivity index (χ1n) is 7.22. The average molecular weight is 298 g/mol. The van der Waals surface area contributed by atoms with Gasteiger partial charge in [-0.1, -0.05) is 24.3 Å². The number of nitrogens with one attached hydrogen (secondary N) is 1. The Hall–Kier alpha value is -2.33. The summed E-state index contributed by atoms with van der Waals surface area (Å²) in [7, 11) is 5.20. The van der Waals surface area contributed by atoms with E-state index in [1.165, 1.54) is 5.56 Å². The lowest BCUT2D eigenvalue weighted by atomic mass is 10.1. The summed E-state index contributed by atoms with van der Waals surface area (Å²) in [6.07, 6.45) is 0. The second-order valence-corrected chi connectivity index (χ2v) is 5.38. The maximum atomic E-state index is 11.8. The Morgan fingerprint density at radius 3 is 2.14 bits per heavy atom. The van der Waals surface area contributed by atoms with E-state index in [-0.39, 0.29) is 5.91 Å². The zero-order valence-electron chi connectivity index (χ0n) is 13.3. The van der Waals surface area contributed by atoms with Crippen molar-refractivity contribution < 1.29 is 9.53 Å². The van der Waals surface area contributed by atoms with Crippen LogP contribution < -0.4 is 5.32 Å². The number of amides is 1. The number of hydrogen-bond donors (Lipinski definition) is 1. The van der Waals surface area contributed by atoms with Crippen molar-refractivity contribution >= 4 is 11.6 Å². The maximum Gasteiger partial charge on any atom is 0.253 e. The molecule has 4 heteroatoms. The first kappa shape index (κ1) is 16.0. The van der Waals surface area contributed by atoms with Gasteiger partial charge in [-0.2, -0.15) is 0 Å².